The maximum atomic E-state index is 13.3. The molecule has 0 saturated heterocycles. The lowest BCUT2D eigenvalue weighted by Gasteiger charge is -2.21. The number of aromatic nitrogens is 2. The SMILES string of the molecule is CC(C)c1[nH]nc(C(=O)NC(c2ccc(F)cc2)C(F)(F)F)c1Br. The van der Waals surface area contributed by atoms with E-state index in [4.69, 9.17) is 0 Å². The summed E-state index contributed by atoms with van der Waals surface area (Å²) in [5.41, 5.74) is 0.161. The van der Waals surface area contributed by atoms with Crippen molar-refractivity contribution in [3.05, 3.63) is 51.5 Å². The number of hydrogen-bond acceptors (Lipinski definition) is 2. The maximum Gasteiger partial charge on any atom is 0.412 e. The molecule has 9 heteroatoms. The lowest BCUT2D eigenvalue weighted by molar-refractivity contribution is -0.155. The lowest BCUT2D eigenvalue weighted by atomic mass is 10.1. The number of hydrogen-bond donors (Lipinski definition) is 2. The Morgan fingerprint density at radius 2 is 1.83 bits per heavy atom. The van der Waals surface area contributed by atoms with Gasteiger partial charge in [-0.15, -0.1) is 0 Å². The molecular weight excluding hydrogens is 394 g/mol. The van der Waals surface area contributed by atoms with E-state index in [0.717, 1.165) is 24.3 Å². The molecular formula is C15H14BrF4N3O. The topological polar surface area (TPSA) is 57.8 Å². The number of rotatable bonds is 4. The minimum absolute atomic E-state index is 0.00364. The molecule has 0 fully saturated rings. The molecule has 0 aliphatic rings. The van der Waals surface area contributed by atoms with Gasteiger partial charge in [0, 0.05) is 0 Å². The average molecular weight is 408 g/mol. The monoisotopic (exact) mass is 407 g/mol. The van der Waals surface area contributed by atoms with E-state index in [2.05, 4.69) is 26.1 Å². The first-order valence-electron chi connectivity index (χ1n) is 6.98. The number of alkyl halides is 3. The highest BCUT2D eigenvalue weighted by molar-refractivity contribution is 9.10. The number of aromatic amines is 1. The molecule has 0 radical (unpaired) electrons. The van der Waals surface area contributed by atoms with E-state index in [1.165, 1.54) is 0 Å². The zero-order chi connectivity index (χ0) is 18.1. The van der Waals surface area contributed by atoms with Crippen LogP contribution in [0.4, 0.5) is 17.6 Å². The Labute approximate surface area is 143 Å². The van der Waals surface area contributed by atoms with Crippen molar-refractivity contribution >= 4 is 21.8 Å². The van der Waals surface area contributed by atoms with Crippen LogP contribution in [-0.4, -0.2) is 22.3 Å². The summed E-state index contributed by atoms with van der Waals surface area (Å²) >= 11 is 3.17. The number of nitrogens with one attached hydrogen (secondary N) is 2. The molecule has 1 heterocycles. The number of carbonyl (C=O) groups excluding carboxylic acids is 1. The third-order valence-corrected chi connectivity index (χ3v) is 4.13. The molecule has 24 heavy (non-hydrogen) atoms. The fraction of sp³-hybridized carbons (Fsp3) is 0.333. The highest BCUT2D eigenvalue weighted by Crippen LogP contribution is 2.33. The minimum Gasteiger partial charge on any atom is -0.335 e. The molecule has 0 bridgehead atoms. The second kappa shape index (κ2) is 6.92. The fourth-order valence-electron chi connectivity index (χ4n) is 2.08. The zero-order valence-corrected chi connectivity index (χ0v) is 14.3. The van der Waals surface area contributed by atoms with Crippen LogP contribution in [0.1, 0.15) is 47.6 Å². The number of halogens is 5. The van der Waals surface area contributed by atoms with Crippen LogP contribution in [0, 0.1) is 5.82 Å². The number of nitrogens with zero attached hydrogens (tertiary/aromatic N) is 1. The molecule has 1 aromatic carbocycles. The Kier molecular flexibility index (Phi) is 5.32. The molecule has 1 atom stereocenters. The van der Waals surface area contributed by atoms with E-state index in [1.54, 1.807) is 0 Å². The van der Waals surface area contributed by atoms with E-state index in [9.17, 15) is 22.4 Å². The molecule has 0 aliphatic heterocycles. The molecule has 1 aromatic heterocycles. The molecule has 1 unspecified atom stereocenters. The van der Waals surface area contributed by atoms with Crippen LogP contribution in [0.5, 0.6) is 0 Å². The van der Waals surface area contributed by atoms with E-state index < -0.39 is 23.9 Å². The van der Waals surface area contributed by atoms with Gasteiger partial charge in [-0.25, -0.2) is 4.39 Å². The Morgan fingerprint density at radius 1 is 1.25 bits per heavy atom. The van der Waals surface area contributed by atoms with Gasteiger partial charge in [-0.05, 0) is 39.5 Å². The second-order valence-electron chi connectivity index (χ2n) is 5.45. The Hall–Kier alpha value is -1.90. The zero-order valence-electron chi connectivity index (χ0n) is 12.7. The lowest BCUT2D eigenvalue weighted by Crippen LogP contribution is -2.38. The largest absolute Gasteiger partial charge is 0.412 e. The number of H-pyrrole nitrogens is 1. The molecule has 4 nitrogen and oxygen atoms in total. The molecule has 0 saturated carbocycles. The molecule has 2 N–H and O–H groups in total. The number of benzene rings is 1. The van der Waals surface area contributed by atoms with Crippen LogP contribution in [0.3, 0.4) is 0 Å². The van der Waals surface area contributed by atoms with Crippen LogP contribution in [0.15, 0.2) is 28.7 Å². The summed E-state index contributed by atoms with van der Waals surface area (Å²) in [5, 5.41) is 8.30. The van der Waals surface area contributed by atoms with Crippen LogP contribution >= 0.6 is 15.9 Å². The van der Waals surface area contributed by atoms with E-state index in [0.29, 0.717) is 10.2 Å². The van der Waals surface area contributed by atoms with Gasteiger partial charge in [0.1, 0.15) is 5.82 Å². The predicted octanol–water partition coefficient (Wildman–Crippen LogP) is 4.47. The summed E-state index contributed by atoms with van der Waals surface area (Å²) in [6.45, 7) is 3.69. The van der Waals surface area contributed by atoms with Gasteiger partial charge in [0.15, 0.2) is 11.7 Å². The third-order valence-electron chi connectivity index (χ3n) is 3.33. The standard InChI is InChI=1S/C15H14BrF4N3O/c1-7(2)11-10(16)12(23-22-11)14(24)21-13(15(18,19)20)8-3-5-9(17)6-4-8/h3-7,13H,1-2H3,(H,21,24)(H,22,23). The van der Waals surface area contributed by atoms with Crippen molar-refractivity contribution < 1.29 is 22.4 Å². The van der Waals surface area contributed by atoms with E-state index in [1.807, 2.05) is 19.2 Å². The van der Waals surface area contributed by atoms with Crippen molar-refractivity contribution in [2.24, 2.45) is 0 Å². The quantitative estimate of drug-likeness (QED) is 0.734. The fourth-order valence-corrected chi connectivity index (χ4v) is 2.90. The number of carbonyl (C=O) groups is 1. The smallest absolute Gasteiger partial charge is 0.335 e. The van der Waals surface area contributed by atoms with E-state index in [-0.39, 0.29) is 17.2 Å². The number of amides is 1. The van der Waals surface area contributed by atoms with Crippen molar-refractivity contribution in [1.82, 2.24) is 15.5 Å². The van der Waals surface area contributed by atoms with Crippen LogP contribution in [0.25, 0.3) is 0 Å². The molecule has 2 aromatic rings. The molecule has 2 rings (SSSR count). The highest BCUT2D eigenvalue weighted by Gasteiger charge is 2.42. The molecule has 0 spiro atoms. The third kappa shape index (κ3) is 3.95. The van der Waals surface area contributed by atoms with Crippen molar-refractivity contribution in [1.29, 1.82) is 0 Å². The van der Waals surface area contributed by atoms with Crippen molar-refractivity contribution in [3.63, 3.8) is 0 Å². The minimum atomic E-state index is -4.74. The predicted molar refractivity (Wildman–Crippen MR) is 83.0 cm³/mol. The first-order valence-corrected chi connectivity index (χ1v) is 7.77. The first-order chi connectivity index (χ1) is 11.1. The van der Waals surface area contributed by atoms with Gasteiger partial charge in [0.25, 0.3) is 5.91 Å². The molecule has 130 valence electrons. The second-order valence-corrected chi connectivity index (χ2v) is 6.25. The van der Waals surface area contributed by atoms with Crippen LogP contribution < -0.4 is 5.32 Å². The van der Waals surface area contributed by atoms with E-state index >= 15 is 0 Å². The van der Waals surface area contributed by atoms with Gasteiger partial charge >= 0.3 is 6.18 Å². The summed E-state index contributed by atoms with van der Waals surface area (Å²) in [6, 6.07) is 1.50. The Morgan fingerprint density at radius 3 is 2.29 bits per heavy atom. The van der Waals surface area contributed by atoms with Crippen molar-refractivity contribution in [3.8, 4) is 0 Å². The summed E-state index contributed by atoms with van der Waals surface area (Å²) in [7, 11) is 0. The average Bonchev–Trinajstić information content (AvgIpc) is 2.86. The molecule has 0 aliphatic carbocycles. The Bertz CT molecular complexity index is 725. The van der Waals surface area contributed by atoms with Gasteiger partial charge in [-0.2, -0.15) is 18.3 Å². The highest BCUT2D eigenvalue weighted by atomic mass is 79.9. The van der Waals surface area contributed by atoms with Crippen LogP contribution in [0.2, 0.25) is 0 Å². The summed E-state index contributed by atoms with van der Waals surface area (Å²) < 4.78 is 53.0. The van der Waals surface area contributed by atoms with Gasteiger partial charge in [-0.3, -0.25) is 9.89 Å². The van der Waals surface area contributed by atoms with Gasteiger partial charge in [0.2, 0.25) is 0 Å². The van der Waals surface area contributed by atoms with Crippen molar-refractivity contribution in [2.45, 2.75) is 32.0 Å². The Balaban J connectivity index is 2.30. The van der Waals surface area contributed by atoms with Crippen LogP contribution in [-0.2, 0) is 0 Å². The maximum absolute atomic E-state index is 13.3. The summed E-state index contributed by atoms with van der Waals surface area (Å²) in [6.07, 6.45) is -4.74. The first kappa shape index (κ1) is 18.4. The van der Waals surface area contributed by atoms with Gasteiger partial charge in [0.05, 0.1) is 10.2 Å². The normalized spacial score (nSPS) is 13.2. The molecule has 1 amide bonds. The summed E-state index contributed by atoms with van der Waals surface area (Å²) in [5.74, 6) is -1.65. The van der Waals surface area contributed by atoms with Gasteiger partial charge < -0.3 is 5.32 Å². The van der Waals surface area contributed by atoms with Crippen molar-refractivity contribution in [2.75, 3.05) is 0 Å². The van der Waals surface area contributed by atoms with Gasteiger partial charge in [-0.1, -0.05) is 26.0 Å². The summed E-state index contributed by atoms with van der Waals surface area (Å²) in [4.78, 5) is 12.2.